The molecule has 0 aliphatic carbocycles. The minimum absolute atomic E-state index is 0.328. The molecule has 3 rings (SSSR count). The van der Waals surface area contributed by atoms with E-state index in [0.717, 1.165) is 21.2 Å². The van der Waals surface area contributed by atoms with Crippen molar-refractivity contribution in [2.75, 3.05) is 6.61 Å². The quantitative estimate of drug-likeness (QED) is 0.422. The molecule has 0 saturated heterocycles. The molecule has 0 amide bonds. The van der Waals surface area contributed by atoms with Crippen LogP contribution >= 0.6 is 11.3 Å². The van der Waals surface area contributed by atoms with Gasteiger partial charge in [-0.15, -0.1) is 11.3 Å². The van der Waals surface area contributed by atoms with E-state index in [1.807, 2.05) is 13.0 Å². The largest absolute Gasteiger partial charge is 0.462 e. The van der Waals surface area contributed by atoms with Crippen molar-refractivity contribution in [1.29, 1.82) is 0 Å². The van der Waals surface area contributed by atoms with Gasteiger partial charge in [0.2, 0.25) is 0 Å². The van der Waals surface area contributed by atoms with E-state index in [-0.39, 0.29) is 6.10 Å². The monoisotopic (exact) mass is 380 g/mol. The smallest absolute Gasteiger partial charge is 0.330 e. The Bertz CT molecular complexity index is 1030. The van der Waals surface area contributed by atoms with Crippen molar-refractivity contribution in [3.8, 4) is 0 Å². The Kier molecular flexibility index (Phi) is 5.72. The minimum Gasteiger partial charge on any atom is -0.462 e. The molecule has 1 aromatic heterocycles. The van der Waals surface area contributed by atoms with Gasteiger partial charge in [0.15, 0.2) is 0 Å². The highest BCUT2D eigenvalue weighted by molar-refractivity contribution is 7.25. The zero-order valence-electron chi connectivity index (χ0n) is 15.1. The van der Waals surface area contributed by atoms with Crippen molar-refractivity contribution in [3.05, 3.63) is 72.8 Å². The number of ether oxygens (including phenoxy) is 2. The van der Waals surface area contributed by atoms with E-state index in [4.69, 9.17) is 9.47 Å². The third-order valence-corrected chi connectivity index (χ3v) is 5.42. The highest BCUT2D eigenvalue weighted by Crippen LogP contribution is 2.36. The van der Waals surface area contributed by atoms with Crippen LogP contribution in [0.2, 0.25) is 0 Å². The van der Waals surface area contributed by atoms with Gasteiger partial charge in [0.05, 0.1) is 6.61 Å². The van der Waals surface area contributed by atoms with E-state index in [1.165, 1.54) is 22.2 Å². The van der Waals surface area contributed by atoms with Gasteiger partial charge in [0.25, 0.3) is 0 Å². The van der Waals surface area contributed by atoms with Crippen LogP contribution < -0.4 is 0 Å². The molecule has 2 aromatic carbocycles. The molecule has 4 nitrogen and oxygen atoms in total. The highest BCUT2D eigenvalue weighted by atomic mass is 32.1. The van der Waals surface area contributed by atoms with Gasteiger partial charge in [-0.25, -0.2) is 9.59 Å². The highest BCUT2D eigenvalue weighted by Gasteiger charge is 2.12. The molecule has 138 valence electrons. The Hall–Kier alpha value is -2.92. The lowest BCUT2D eigenvalue weighted by molar-refractivity contribution is -0.142. The maximum Gasteiger partial charge on any atom is 0.330 e. The molecule has 3 aromatic rings. The third-order valence-electron chi connectivity index (χ3n) is 4.29. The first-order chi connectivity index (χ1) is 13.0. The van der Waals surface area contributed by atoms with Gasteiger partial charge in [0, 0.05) is 38.7 Å². The maximum absolute atomic E-state index is 11.4. The lowest BCUT2D eigenvalue weighted by Gasteiger charge is -2.12. The van der Waals surface area contributed by atoms with Gasteiger partial charge in [-0.3, -0.25) is 0 Å². The van der Waals surface area contributed by atoms with Crippen molar-refractivity contribution in [1.82, 2.24) is 0 Å². The summed E-state index contributed by atoms with van der Waals surface area (Å²) in [6, 6.07) is 12.4. The second kappa shape index (κ2) is 8.18. The van der Waals surface area contributed by atoms with Crippen molar-refractivity contribution in [2.24, 2.45) is 0 Å². The number of carbonyl (C=O) groups excluding carboxylic acids is 2. The predicted molar refractivity (Wildman–Crippen MR) is 109 cm³/mol. The first kappa shape index (κ1) is 18.9. The van der Waals surface area contributed by atoms with Gasteiger partial charge in [-0.1, -0.05) is 31.4 Å². The Morgan fingerprint density at radius 2 is 1.81 bits per heavy atom. The van der Waals surface area contributed by atoms with Crippen LogP contribution in [0.5, 0.6) is 0 Å². The summed E-state index contributed by atoms with van der Waals surface area (Å²) in [5.41, 5.74) is 2.05. The Balaban J connectivity index is 1.85. The van der Waals surface area contributed by atoms with Gasteiger partial charge in [0.1, 0.15) is 6.10 Å². The summed E-state index contributed by atoms with van der Waals surface area (Å²) >= 11 is 1.70. The van der Waals surface area contributed by atoms with Crippen LogP contribution in [0.15, 0.2) is 61.7 Å². The van der Waals surface area contributed by atoms with E-state index in [2.05, 4.69) is 43.5 Å². The molecule has 27 heavy (non-hydrogen) atoms. The molecule has 0 radical (unpaired) electrons. The number of hydrogen-bond donors (Lipinski definition) is 0. The minimum atomic E-state index is -0.430. The molecular formula is C22H20O4S. The van der Waals surface area contributed by atoms with Crippen LogP contribution in [0, 0.1) is 0 Å². The van der Waals surface area contributed by atoms with Crippen LogP contribution in [0.1, 0.15) is 24.2 Å². The van der Waals surface area contributed by atoms with Crippen LogP contribution in [-0.2, 0) is 25.5 Å². The van der Waals surface area contributed by atoms with E-state index < -0.39 is 11.9 Å². The predicted octanol–water partition coefficient (Wildman–Crippen LogP) is 5.12. The number of hydrogen-bond acceptors (Lipinski definition) is 5. The summed E-state index contributed by atoms with van der Waals surface area (Å²) in [4.78, 5) is 22.6. The fraction of sp³-hybridized carbons (Fsp3) is 0.182. The van der Waals surface area contributed by atoms with E-state index >= 15 is 0 Å². The standard InChI is InChI=1S/C22H20O4S/c1-4-21(23)25-11-10-15-6-9-19-18(12-15)17-8-7-16(13-20(17)27-19)14(3)26-22(24)5-2/h4-9,12-14H,1-2,10-11H2,3H3. The molecule has 0 aliphatic rings. The molecule has 1 heterocycles. The van der Waals surface area contributed by atoms with Crippen molar-refractivity contribution < 1.29 is 19.1 Å². The van der Waals surface area contributed by atoms with Gasteiger partial charge in [-0.2, -0.15) is 0 Å². The van der Waals surface area contributed by atoms with Gasteiger partial charge in [-0.05, 0) is 36.2 Å². The Morgan fingerprint density at radius 3 is 2.56 bits per heavy atom. The normalized spacial score (nSPS) is 11.9. The maximum atomic E-state index is 11.4. The molecule has 0 N–H and O–H groups in total. The third kappa shape index (κ3) is 4.26. The fourth-order valence-corrected chi connectivity index (χ4v) is 4.00. The van der Waals surface area contributed by atoms with E-state index in [9.17, 15) is 9.59 Å². The summed E-state index contributed by atoms with van der Waals surface area (Å²) in [6.07, 6.45) is 2.66. The van der Waals surface area contributed by atoms with Crippen LogP contribution in [-0.4, -0.2) is 18.5 Å². The molecule has 5 heteroatoms. The first-order valence-corrected chi connectivity index (χ1v) is 9.41. The molecule has 0 saturated carbocycles. The zero-order chi connectivity index (χ0) is 19.4. The summed E-state index contributed by atoms with van der Waals surface area (Å²) < 4.78 is 12.7. The molecule has 0 aliphatic heterocycles. The number of rotatable bonds is 7. The van der Waals surface area contributed by atoms with Crippen molar-refractivity contribution >= 4 is 43.4 Å². The lowest BCUT2D eigenvalue weighted by Crippen LogP contribution is -2.05. The van der Waals surface area contributed by atoms with E-state index in [0.29, 0.717) is 13.0 Å². The Labute approximate surface area is 161 Å². The summed E-state index contributed by atoms with van der Waals surface area (Å²) in [5, 5.41) is 2.33. The fourth-order valence-electron chi connectivity index (χ4n) is 2.87. The van der Waals surface area contributed by atoms with Crippen molar-refractivity contribution in [2.45, 2.75) is 19.4 Å². The number of carbonyl (C=O) groups is 2. The summed E-state index contributed by atoms with van der Waals surface area (Å²) in [6.45, 7) is 8.99. The summed E-state index contributed by atoms with van der Waals surface area (Å²) in [5.74, 6) is -0.836. The van der Waals surface area contributed by atoms with Crippen LogP contribution in [0.4, 0.5) is 0 Å². The van der Waals surface area contributed by atoms with Gasteiger partial charge < -0.3 is 9.47 Å². The number of esters is 2. The number of fused-ring (bicyclic) bond motifs is 3. The second-order valence-corrected chi connectivity index (χ2v) is 7.18. The number of thiophene rings is 1. The average Bonchev–Trinajstić information content (AvgIpc) is 3.04. The zero-order valence-corrected chi connectivity index (χ0v) is 15.9. The SMILES string of the molecule is C=CC(=O)OCCc1ccc2sc3cc(C(C)OC(=O)C=C)ccc3c2c1. The van der Waals surface area contributed by atoms with Crippen LogP contribution in [0.25, 0.3) is 20.2 Å². The van der Waals surface area contributed by atoms with Crippen LogP contribution in [0.3, 0.4) is 0 Å². The second-order valence-electron chi connectivity index (χ2n) is 6.09. The topological polar surface area (TPSA) is 52.6 Å². The molecule has 0 bridgehead atoms. The lowest BCUT2D eigenvalue weighted by atomic mass is 10.0. The van der Waals surface area contributed by atoms with Gasteiger partial charge >= 0.3 is 11.9 Å². The first-order valence-electron chi connectivity index (χ1n) is 8.59. The summed E-state index contributed by atoms with van der Waals surface area (Å²) in [7, 11) is 0. The molecular weight excluding hydrogens is 360 g/mol. The Morgan fingerprint density at radius 1 is 1.04 bits per heavy atom. The number of benzene rings is 2. The molecule has 0 spiro atoms. The molecule has 0 fully saturated rings. The molecule has 1 unspecified atom stereocenters. The van der Waals surface area contributed by atoms with Crippen molar-refractivity contribution in [3.63, 3.8) is 0 Å². The van der Waals surface area contributed by atoms with E-state index in [1.54, 1.807) is 11.3 Å². The molecule has 1 atom stereocenters. The average molecular weight is 380 g/mol.